The average molecular weight is 193 g/mol. The van der Waals surface area contributed by atoms with Crippen LogP contribution in [-0.4, -0.2) is 17.2 Å². The molecule has 0 bridgehead atoms. The lowest BCUT2D eigenvalue weighted by atomic mass is 9.72. The molecule has 0 atom stereocenters. The molecule has 0 aliphatic rings. The largest absolute Gasteiger partial charge is 0.338 e. The second-order valence-electron chi connectivity index (χ2n) is 2.98. The van der Waals surface area contributed by atoms with Crippen LogP contribution in [0.2, 0.25) is 6.82 Å². The molecule has 5 heteroatoms. The molecule has 0 spiro atoms. The van der Waals surface area contributed by atoms with E-state index in [2.05, 4.69) is 9.97 Å². The first-order chi connectivity index (χ1) is 6.72. The van der Waals surface area contributed by atoms with Crippen LogP contribution in [0, 0.1) is 0 Å². The summed E-state index contributed by atoms with van der Waals surface area (Å²) in [6.07, 6.45) is -0.877. The SMILES string of the molecule is C[B]c1ccnc2[nH]c(C(F)F)cc12. The monoisotopic (exact) mass is 193 g/mol. The summed E-state index contributed by atoms with van der Waals surface area (Å²) in [7, 11) is 1.87. The first-order valence-electron chi connectivity index (χ1n) is 4.27. The van der Waals surface area contributed by atoms with Gasteiger partial charge in [-0.05, 0) is 12.1 Å². The van der Waals surface area contributed by atoms with Crippen LogP contribution in [0.15, 0.2) is 18.3 Å². The molecule has 0 amide bonds. The maximum Gasteiger partial charge on any atom is 0.278 e. The average Bonchev–Trinajstić information content (AvgIpc) is 2.60. The van der Waals surface area contributed by atoms with Crippen LogP contribution in [0.5, 0.6) is 0 Å². The van der Waals surface area contributed by atoms with Gasteiger partial charge in [-0.1, -0.05) is 12.3 Å². The first kappa shape index (κ1) is 9.18. The van der Waals surface area contributed by atoms with E-state index in [1.54, 1.807) is 12.3 Å². The Labute approximate surface area is 80.6 Å². The number of aromatic nitrogens is 2. The fourth-order valence-corrected chi connectivity index (χ4v) is 1.44. The zero-order valence-electron chi connectivity index (χ0n) is 7.59. The molecular formula is C9H8BF2N2. The minimum absolute atomic E-state index is 0.0817. The van der Waals surface area contributed by atoms with E-state index in [1.165, 1.54) is 6.07 Å². The van der Waals surface area contributed by atoms with E-state index >= 15 is 0 Å². The minimum atomic E-state index is -2.48. The smallest absolute Gasteiger partial charge is 0.278 e. The molecule has 2 heterocycles. The third-order valence-electron chi connectivity index (χ3n) is 2.13. The molecule has 1 N–H and O–H groups in total. The molecule has 0 aliphatic carbocycles. The zero-order chi connectivity index (χ0) is 10.1. The van der Waals surface area contributed by atoms with Crippen molar-refractivity contribution in [2.24, 2.45) is 0 Å². The van der Waals surface area contributed by atoms with E-state index in [4.69, 9.17) is 0 Å². The molecule has 71 valence electrons. The predicted octanol–water partition coefficient (Wildman–Crippen LogP) is 1.88. The minimum Gasteiger partial charge on any atom is -0.338 e. The number of rotatable bonds is 2. The molecule has 2 rings (SSSR count). The molecule has 0 aliphatic heterocycles. The van der Waals surface area contributed by atoms with E-state index in [0.717, 1.165) is 10.8 Å². The molecule has 0 saturated heterocycles. The predicted molar refractivity (Wildman–Crippen MR) is 52.3 cm³/mol. The highest BCUT2D eigenvalue weighted by Crippen LogP contribution is 2.20. The van der Waals surface area contributed by atoms with Gasteiger partial charge in [-0.2, -0.15) is 0 Å². The number of fused-ring (bicyclic) bond motifs is 1. The second-order valence-corrected chi connectivity index (χ2v) is 2.98. The number of H-pyrrole nitrogens is 1. The van der Waals surface area contributed by atoms with Crippen molar-refractivity contribution >= 4 is 23.8 Å². The van der Waals surface area contributed by atoms with Gasteiger partial charge in [0.15, 0.2) is 0 Å². The summed E-state index contributed by atoms with van der Waals surface area (Å²) >= 11 is 0. The van der Waals surface area contributed by atoms with Crippen molar-refractivity contribution < 1.29 is 8.78 Å². The van der Waals surface area contributed by atoms with Gasteiger partial charge in [0, 0.05) is 11.6 Å². The van der Waals surface area contributed by atoms with Gasteiger partial charge in [-0.15, -0.1) is 0 Å². The first-order valence-corrected chi connectivity index (χ1v) is 4.27. The van der Waals surface area contributed by atoms with E-state index < -0.39 is 6.43 Å². The summed E-state index contributed by atoms with van der Waals surface area (Å²) in [4.78, 5) is 6.57. The highest BCUT2D eigenvalue weighted by molar-refractivity contribution is 6.55. The third-order valence-corrected chi connectivity index (χ3v) is 2.13. The van der Waals surface area contributed by atoms with Crippen molar-refractivity contribution in [3.63, 3.8) is 0 Å². The van der Waals surface area contributed by atoms with Crippen molar-refractivity contribution in [3.05, 3.63) is 24.0 Å². The summed E-state index contributed by atoms with van der Waals surface area (Å²) in [6.45, 7) is 1.86. The lowest BCUT2D eigenvalue weighted by Crippen LogP contribution is -2.10. The fraction of sp³-hybridized carbons (Fsp3) is 0.222. The molecule has 0 fully saturated rings. The highest BCUT2D eigenvalue weighted by Gasteiger charge is 2.12. The number of pyridine rings is 1. The lowest BCUT2D eigenvalue weighted by molar-refractivity contribution is 0.147. The molecule has 0 saturated carbocycles. The van der Waals surface area contributed by atoms with E-state index in [0.29, 0.717) is 5.65 Å². The second kappa shape index (κ2) is 3.40. The number of nitrogens with zero attached hydrogens (tertiary/aromatic N) is 1. The molecule has 2 nitrogen and oxygen atoms in total. The normalized spacial score (nSPS) is 11.1. The van der Waals surface area contributed by atoms with Crippen molar-refractivity contribution in [2.75, 3.05) is 0 Å². The summed E-state index contributed by atoms with van der Waals surface area (Å²) in [5, 5.41) is 0.741. The molecular weight excluding hydrogens is 185 g/mol. The van der Waals surface area contributed by atoms with Gasteiger partial charge in [0.2, 0.25) is 0 Å². The van der Waals surface area contributed by atoms with Crippen molar-refractivity contribution in [2.45, 2.75) is 13.2 Å². The third kappa shape index (κ3) is 1.39. The molecule has 0 unspecified atom stereocenters. The van der Waals surface area contributed by atoms with Gasteiger partial charge < -0.3 is 4.98 Å². The number of hydrogen-bond donors (Lipinski definition) is 1. The Balaban J connectivity index is 2.64. The van der Waals surface area contributed by atoms with Crippen LogP contribution in [-0.2, 0) is 0 Å². The molecule has 14 heavy (non-hydrogen) atoms. The van der Waals surface area contributed by atoms with Gasteiger partial charge in [0.25, 0.3) is 6.43 Å². The lowest BCUT2D eigenvalue weighted by Gasteiger charge is -1.95. The summed E-state index contributed by atoms with van der Waals surface area (Å²) < 4.78 is 24.7. The molecule has 2 aromatic rings. The number of alkyl halides is 2. The maximum absolute atomic E-state index is 12.4. The van der Waals surface area contributed by atoms with E-state index in [9.17, 15) is 8.78 Å². The van der Waals surface area contributed by atoms with Gasteiger partial charge >= 0.3 is 0 Å². The van der Waals surface area contributed by atoms with Crippen LogP contribution in [0.3, 0.4) is 0 Å². The van der Waals surface area contributed by atoms with Crippen molar-refractivity contribution in [3.8, 4) is 0 Å². The van der Waals surface area contributed by atoms with Crippen LogP contribution < -0.4 is 5.46 Å². The maximum atomic E-state index is 12.4. The van der Waals surface area contributed by atoms with Gasteiger partial charge in [-0.25, -0.2) is 13.8 Å². The molecule has 1 radical (unpaired) electrons. The van der Waals surface area contributed by atoms with Crippen LogP contribution in [0.25, 0.3) is 11.0 Å². The number of halogens is 2. The van der Waals surface area contributed by atoms with Crippen molar-refractivity contribution in [1.82, 2.24) is 9.97 Å². The van der Waals surface area contributed by atoms with E-state index in [-0.39, 0.29) is 5.69 Å². The molecule has 2 aromatic heterocycles. The van der Waals surface area contributed by atoms with Gasteiger partial charge in [0.1, 0.15) is 12.9 Å². The van der Waals surface area contributed by atoms with Crippen LogP contribution in [0.4, 0.5) is 8.78 Å². The Hall–Kier alpha value is -1.39. The summed E-state index contributed by atoms with van der Waals surface area (Å²) in [6, 6.07) is 3.24. The fourth-order valence-electron chi connectivity index (χ4n) is 1.44. The molecule has 0 aromatic carbocycles. The van der Waals surface area contributed by atoms with Crippen LogP contribution >= 0.6 is 0 Å². The van der Waals surface area contributed by atoms with Crippen molar-refractivity contribution in [1.29, 1.82) is 0 Å². The Bertz CT molecular complexity index is 453. The Morgan fingerprint density at radius 1 is 1.50 bits per heavy atom. The highest BCUT2D eigenvalue weighted by atomic mass is 19.3. The summed E-state index contributed by atoms with van der Waals surface area (Å²) in [5.74, 6) is 0. The Morgan fingerprint density at radius 2 is 2.29 bits per heavy atom. The number of nitrogens with one attached hydrogen (secondary N) is 1. The number of hydrogen-bond acceptors (Lipinski definition) is 1. The van der Waals surface area contributed by atoms with Crippen LogP contribution in [0.1, 0.15) is 12.1 Å². The summed E-state index contributed by atoms with van der Waals surface area (Å²) in [5.41, 5.74) is 1.34. The topological polar surface area (TPSA) is 28.7 Å². The standard InChI is InChI=1S/C9H8BF2N2/c1-10-6-2-3-13-9-5(6)4-7(14-9)8(11)12/h2-4,8H,1H3,(H,13,14). The van der Waals surface area contributed by atoms with Gasteiger partial charge in [0.05, 0.1) is 5.69 Å². The zero-order valence-corrected chi connectivity index (χ0v) is 7.59. The quantitative estimate of drug-likeness (QED) is 0.724. The Morgan fingerprint density at radius 3 is 2.93 bits per heavy atom. The number of aromatic amines is 1. The van der Waals surface area contributed by atoms with Gasteiger partial charge in [-0.3, -0.25) is 0 Å². The van der Waals surface area contributed by atoms with E-state index in [1.807, 2.05) is 14.1 Å². The Kier molecular flexibility index (Phi) is 2.23.